The Morgan fingerprint density at radius 1 is 1.40 bits per heavy atom. The van der Waals surface area contributed by atoms with Crippen LogP contribution in [0.2, 0.25) is 0 Å². The summed E-state index contributed by atoms with van der Waals surface area (Å²) in [5.74, 6) is 1.31. The third-order valence-electron chi connectivity index (χ3n) is 4.77. The van der Waals surface area contributed by atoms with Crippen LogP contribution in [0.3, 0.4) is 0 Å². The molecule has 1 spiro atoms. The molecule has 1 aliphatic heterocycles. The van der Waals surface area contributed by atoms with E-state index in [0.717, 1.165) is 43.6 Å². The number of hydrogen-bond donors (Lipinski definition) is 0. The highest BCUT2D eigenvalue weighted by molar-refractivity contribution is 5.84. The average Bonchev–Trinajstić information content (AvgIpc) is 2.46. The summed E-state index contributed by atoms with van der Waals surface area (Å²) in [6.07, 6.45) is 5.77. The van der Waals surface area contributed by atoms with E-state index in [2.05, 4.69) is 0 Å². The molecule has 1 saturated carbocycles. The van der Waals surface area contributed by atoms with Crippen molar-refractivity contribution in [3.63, 3.8) is 0 Å². The molecule has 0 aromatic heterocycles. The van der Waals surface area contributed by atoms with Gasteiger partial charge in [-0.05, 0) is 38.2 Å². The molecule has 1 atom stereocenters. The van der Waals surface area contributed by atoms with Crippen LogP contribution in [0.5, 0.6) is 5.75 Å². The van der Waals surface area contributed by atoms with Gasteiger partial charge in [0.05, 0.1) is 12.7 Å². The van der Waals surface area contributed by atoms with Crippen LogP contribution in [0.1, 0.15) is 37.7 Å². The molecule has 1 aromatic rings. The lowest BCUT2D eigenvalue weighted by atomic mass is 9.70. The normalized spacial score (nSPS) is 24.1. The molecule has 1 saturated heterocycles. The van der Waals surface area contributed by atoms with E-state index in [1.165, 1.54) is 6.42 Å². The van der Waals surface area contributed by atoms with Crippen molar-refractivity contribution in [3.05, 3.63) is 29.8 Å². The zero-order chi connectivity index (χ0) is 14.0. The van der Waals surface area contributed by atoms with Crippen LogP contribution in [0, 0.1) is 5.92 Å². The first-order chi connectivity index (χ1) is 9.72. The van der Waals surface area contributed by atoms with Gasteiger partial charge >= 0.3 is 0 Å². The number of methoxy groups -OCH3 is 1. The maximum atomic E-state index is 12.6. The molecule has 1 aromatic carbocycles. The molecule has 0 amide bonds. The van der Waals surface area contributed by atoms with Crippen LogP contribution < -0.4 is 4.74 Å². The topological polar surface area (TPSA) is 35.5 Å². The summed E-state index contributed by atoms with van der Waals surface area (Å²) in [7, 11) is 1.65. The number of carbonyl (C=O) groups is 1. The first-order valence-electron chi connectivity index (χ1n) is 7.51. The van der Waals surface area contributed by atoms with Gasteiger partial charge in [0.2, 0.25) is 0 Å². The Bertz CT molecular complexity index is 491. The third kappa shape index (κ3) is 2.59. The maximum absolute atomic E-state index is 12.6. The number of hydrogen-bond acceptors (Lipinski definition) is 3. The smallest absolute Gasteiger partial charge is 0.140 e. The number of Topliss-reactive ketones (excluding diaryl/α,β-unsaturated/α-hetero) is 1. The second kappa shape index (κ2) is 5.57. The van der Waals surface area contributed by atoms with Crippen LogP contribution in [0.15, 0.2) is 24.3 Å². The number of ether oxygens (including phenoxy) is 2. The van der Waals surface area contributed by atoms with E-state index in [9.17, 15) is 4.79 Å². The van der Waals surface area contributed by atoms with Gasteiger partial charge in [0.1, 0.15) is 11.5 Å². The van der Waals surface area contributed by atoms with Gasteiger partial charge in [0, 0.05) is 24.5 Å². The first-order valence-corrected chi connectivity index (χ1v) is 7.51. The van der Waals surface area contributed by atoms with Gasteiger partial charge in [-0.3, -0.25) is 4.79 Å². The second-order valence-corrected chi connectivity index (χ2v) is 6.03. The quantitative estimate of drug-likeness (QED) is 0.846. The zero-order valence-electron chi connectivity index (χ0n) is 12.1. The molecule has 0 N–H and O–H groups in total. The summed E-state index contributed by atoms with van der Waals surface area (Å²) in [6, 6.07) is 7.79. The summed E-state index contributed by atoms with van der Waals surface area (Å²) in [6.45, 7) is 0.738. The molecule has 0 radical (unpaired) electrons. The Hall–Kier alpha value is -1.35. The molecule has 0 bridgehead atoms. The van der Waals surface area contributed by atoms with E-state index in [-0.39, 0.29) is 11.5 Å². The minimum atomic E-state index is 0.0410. The standard InChI is InChI=1S/C17H22O3/c1-19-16-6-3-2-5-13(16)11-15(18)14-7-10-20-17(12-14)8-4-9-17/h2-3,5-6,14H,4,7-12H2,1H3. The SMILES string of the molecule is COc1ccccc1CC(=O)C1CCOC2(CCC2)C1. The molecule has 108 valence electrons. The highest BCUT2D eigenvalue weighted by Gasteiger charge is 2.44. The van der Waals surface area contributed by atoms with Crippen molar-refractivity contribution in [1.29, 1.82) is 0 Å². The second-order valence-electron chi connectivity index (χ2n) is 6.03. The van der Waals surface area contributed by atoms with Crippen LogP contribution in [-0.4, -0.2) is 25.1 Å². The van der Waals surface area contributed by atoms with E-state index in [1.54, 1.807) is 7.11 Å². The van der Waals surface area contributed by atoms with Crippen LogP contribution in [-0.2, 0) is 16.0 Å². The average molecular weight is 274 g/mol. The molecule has 2 aliphatic rings. The van der Waals surface area contributed by atoms with Gasteiger partial charge in [-0.1, -0.05) is 18.2 Å². The van der Waals surface area contributed by atoms with Crippen molar-refractivity contribution in [2.75, 3.05) is 13.7 Å². The fourth-order valence-corrected chi connectivity index (χ4v) is 3.40. The Labute approximate surface area is 120 Å². The van der Waals surface area contributed by atoms with Gasteiger partial charge < -0.3 is 9.47 Å². The first kappa shape index (κ1) is 13.6. The maximum Gasteiger partial charge on any atom is 0.140 e. The monoisotopic (exact) mass is 274 g/mol. The third-order valence-corrected chi connectivity index (χ3v) is 4.77. The Balaban J connectivity index is 1.66. The molecule has 1 heterocycles. The molecule has 1 aliphatic carbocycles. The highest BCUT2D eigenvalue weighted by Crippen LogP contribution is 2.44. The van der Waals surface area contributed by atoms with Crippen molar-refractivity contribution >= 4 is 5.78 Å². The summed E-state index contributed by atoms with van der Waals surface area (Å²) < 4.78 is 11.2. The van der Waals surface area contributed by atoms with Crippen molar-refractivity contribution in [1.82, 2.24) is 0 Å². The van der Waals surface area contributed by atoms with E-state index < -0.39 is 0 Å². The lowest BCUT2D eigenvalue weighted by molar-refractivity contribution is -0.155. The lowest BCUT2D eigenvalue weighted by Crippen LogP contribution is -2.47. The number of ketones is 1. The van der Waals surface area contributed by atoms with Gasteiger partial charge in [-0.15, -0.1) is 0 Å². The summed E-state index contributed by atoms with van der Waals surface area (Å²) in [5, 5.41) is 0. The van der Waals surface area contributed by atoms with Crippen molar-refractivity contribution in [3.8, 4) is 5.75 Å². The van der Waals surface area contributed by atoms with Crippen LogP contribution in [0.25, 0.3) is 0 Å². The van der Waals surface area contributed by atoms with Gasteiger partial charge in [0.15, 0.2) is 0 Å². The molecule has 2 fully saturated rings. The predicted molar refractivity (Wildman–Crippen MR) is 77.0 cm³/mol. The highest BCUT2D eigenvalue weighted by atomic mass is 16.5. The molecule has 3 heteroatoms. The number of benzene rings is 1. The van der Waals surface area contributed by atoms with Crippen LogP contribution in [0.4, 0.5) is 0 Å². The zero-order valence-corrected chi connectivity index (χ0v) is 12.1. The van der Waals surface area contributed by atoms with E-state index in [4.69, 9.17) is 9.47 Å². The molecule has 3 rings (SSSR count). The fourth-order valence-electron chi connectivity index (χ4n) is 3.40. The summed E-state index contributed by atoms with van der Waals surface area (Å²) in [4.78, 5) is 12.6. The van der Waals surface area contributed by atoms with Crippen molar-refractivity contribution in [2.45, 2.75) is 44.1 Å². The molecular weight excluding hydrogens is 252 g/mol. The van der Waals surface area contributed by atoms with Crippen LogP contribution >= 0.6 is 0 Å². The van der Waals surface area contributed by atoms with E-state index >= 15 is 0 Å². The molecule has 3 nitrogen and oxygen atoms in total. The van der Waals surface area contributed by atoms with Gasteiger partial charge in [0.25, 0.3) is 0 Å². The van der Waals surface area contributed by atoms with E-state index in [1.807, 2.05) is 24.3 Å². The Morgan fingerprint density at radius 3 is 2.90 bits per heavy atom. The molecular formula is C17H22O3. The Kier molecular flexibility index (Phi) is 3.79. The minimum Gasteiger partial charge on any atom is -0.496 e. The number of rotatable bonds is 4. The molecule has 1 unspecified atom stereocenters. The summed E-state index contributed by atoms with van der Waals surface area (Å²) >= 11 is 0. The van der Waals surface area contributed by atoms with Crippen molar-refractivity contribution < 1.29 is 14.3 Å². The fraction of sp³-hybridized carbons (Fsp3) is 0.588. The lowest BCUT2D eigenvalue weighted by Gasteiger charge is -2.46. The summed E-state index contributed by atoms with van der Waals surface area (Å²) in [5.41, 5.74) is 1.04. The van der Waals surface area contributed by atoms with Gasteiger partial charge in [-0.2, -0.15) is 0 Å². The Morgan fingerprint density at radius 2 is 2.20 bits per heavy atom. The van der Waals surface area contributed by atoms with E-state index in [0.29, 0.717) is 12.2 Å². The minimum absolute atomic E-state index is 0.0410. The van der Waals surface area contributed by atoms with Gasteiger partial charge in [-0.25, -0.2) is 0 Å². The predicted octanol–water partition coefficient (Wildman–Crippen LogP) is 3.16. The molecule has 20 heavy (non-hydrogen) atoms. The number of carbonyl (C=O) groups excluding carboxylic acids is 1. The largest absolute Gasteiger partial charge is 0.496 e. The van der Waals surface area contributed by atoms with Crippen molar-refractivity contribution in [2.24, 2.45) is 5.92 Å². The number of para-hydroxylation sites is 1.